The summed E-state index contributed by atoms with van der Waals surface area (Å²) < 4.78 is 15.5. The summed E-state index contributed by atoms with van der Waals surface area (Å²) >= 11 is 0. The molecular weight excluding hydrogens is 184 g/mol. The van der Waals surface area contributed by atoms with Crippen molar-refractivity contribution in [3.05, 3.63) is 24.4 Å². The summed E-state index contributed by atoms with van der Waals surface area (Å²) in [5.41, 5.74) is 0. The van der Waals surface area contributed by atoms with Crippen LogP contribution in [0.2, 0.25) is 19.6 Å². The monoisotopic (exact) mass is 202 g/mol. The smallest absolute Gasteiger partial charge is 0.242 e. The van der Waals surface area contributed by atoms with Crippen LogP contribution in [0.5, 0.6) is 0 Å². The first-order valence-corrected chi connectivity index (χ1v) is 7.47. The number of hydrogen-bond acceptors (Lipinski definition) is 3. The standard InChI is InChI=1S/C9H18O3Si/c1-8(12-13(4,5)6)9(11-3)7-10-2/h7H,1H2,2-6H3. The lowest BCUT2D eigenvalue weighted by atomic mass is 10.5. The van der Waals surface area contributed by atoms with Crippen LogP contribution in [-0.2, 0) is 13.9 Å². The van der Waals surface area contributed by atoms with Gasteiger partial charge in [-0.2, -0.15) is 0 Å². The van der Waals surface area contributed by atoms with Crippen molar-refractivity contribution in [2.45, 2.75) is 19.6 Å². The first-order chi connectivity index (χ1) is 5.90. The Bertz CT molecular complexity index is 203. The third kappa shape index (κ3) is 5.35. The van der Waals surface area contributed by atoms with E-state index in [0.29, 0.717) is 11.5 Å². The quantitative estimate of drug-likeness (QED) is 0.389. The highest BCUT2D eigenvalue weighted by atomic mass is 28.4. The van der Waals surface area contributed by atoms with Crippen molar-refractivity contribution in [3.8, 4) is 0 Å². The molecule has 0 aromatic rings. The van der Waals surface area contributed by atoms with Crippen molar-refractivity contribution in [2.75, 3.05) is 14.2 Å². The predicted octanol–water partition coefficient (Wildman–Crippen LogP) is 2.49. The third-order valence-electron chi connectivity index (χ3n) is 1.15. The highest BCUT2D eigenvalue weighted by molar-refractivity contribution is 6.70. The molecule has 0 N–H and O–H groups in total. The minimum absolute atomic E-state index is 0.531. The molecule has 0 bridgehead atoms. The van der Waals surface area contributed by atoms with Gasteiger partial charge in [0.15, 0.2) is 5.76 Å². The molecular formula is C9H18O3Si. The lowest BCUT2D eigenvalue weighted by molar-refractivity contribution is 0.230. The maximum atomic E-state index is 5.61. The molecule has 4 heteroatoms. The predicted molar refractivity (Wildman–Crippen MR) is 55.7 cm³/mol. The Balaban J connectivity index is 4.32. The van der Waals surface area contributed by atoms with Gasteiger partial charge in [0.25, 0.3) is 0 Å². The Morgan fingerprint density at radius 3 is 2.08 bits per heavy atom. The van der Waals surface area contributed by atoms with Crippen LogP contribution in [0.3, 0.4) is 0 Å². The van der Waals surface area contributed by atoms with Gasteiger partial charge in [0.2, 0.25) is 8.32 Å². The molecule has 0 unspecified atom stereocenters. The summed E-state index contributed by atoms with van der Waals surface area (Å²) in [5, 5.41) is 0. The average molecular weight is 202 g/mol. The van der Waals surface area contributed by atoms with Crippen molar-refractivity contribution in [1.29, 1.82) is 0 Å². The van der Waals surface area contributed by atoms with Crippen LogP contribution in [0.25, 0.3) is 0 Å². The Labute approximate surface area is 81.1 Å². The molecule has 0 aromatic heterocycles. The van der Waals surface area contributed by atoms with Gasteiger partial charge in [0.05, 0.1) is 14.2 Å². The number of methoxy groups -OCH3 is 2. The maximum Gasteiger partial charge on any atom is 0.242 e. The number of ether oxygens (including phenoxy) is 2. The van der Waals surface area contributed by atoms with Gasteiger partial charge in [-0.25, -0.2) is 0 Å². The van der Waals surface area contributed by atoms with Gasteiger partial charge in [-0.3, -0.25) is 0 Å². The summed E-state index contributed by atoms with van der Waals surface area (Å²) in [6.45, 7) is 10.0. The summed E-state index contributed by atoms with van der Waals surface area (Å²) in [7, 11) is 1.51. The SMILES string of the molecule is C=C(O[Si](C)(C)C)C(=COC)OC. The second-order valence-corrected chi connectivity index (χ2v) is 7.99. The lowest BCUT2D eigenvalue weighted by Gasteiger charge is -2.21. The summed E-state index contributed by atoms with van der Waals surface area (Å²) in [4.78, 5) is 0. The van der Waals surface area contributed by atoms with Crippen molar-refractivity contribution in [2.24, 2.45) is 0 Å². The van der Waals surface area contributed by atoms with E-state index in [-0.39, 0.29) is 0 Å². The van der Waals surface area contributed by atoms with Gasteiger partial charge < -0.3 is 13.9 Å². The second kappa shape index (κ2) is 4.96. The second-order valence-electron chi connectivity index (χ2n) is 3.56. The highest BCUT2D eigenvalue weighted by Crippen LogP contribution is 2.16. The van der Waals surface area contributed by atoms with Crippen LogP contribution < -0.4 is 0 Å². The van der Waals surface area contributed by atoms with Gasteiger partial charge >= 0.3 is 0 Å². The topological polar surface area (TPSA) is 27.7 Å². The van der Waals surface area contributed by atoms with Crippen LogP contribution in [0.15, 0.2) is 24.4 Å². The van der Waals surface area contributed by atoms with E-state index in [1.807, 2.05) is 0 Å². The van der Waals surface area contributed by atoms with E-state index in [0.717, 1.165) is 0 Å². The van der Waals surface area contributed by atoms with Gasteiger partial charge in [0.1, 0.15) is 12.0 Å². The Morgan fingerprint density at radius 2 is 1.77 bits per heavy atom. The minimum Gasteiger partial charge on any atom is -0.542 e. The van der Waals surface area contributed by atoms with Crippen molar-refractivity contribution < 1.29 is 13.9 Å². The molecule has 0 spiro atoms. The average Bonchev–Trinajstić information content (AvgIpc) is 1.96. The van der Waals surface area contributed by atoms with E-state index >= 15 is 0 Å². The van der Waals surface area contributed by atoms with Crippen LogP contribution in [0.1, 0.15) is 0 Å². The fraction of sp³-hybridized carbons (Fsp3) is 0.556. The van der Waals surface area contributed by atoms with Crippen LogP contribution in [-0.4, -0.2) is 22.5 Å². The van der Waals surface area contributed by atoms with E-state index in [2.05, 4.69) is 26.2 Å². The fourth-order valence-electron chi connectivity index (χ4n) is 0.755. The molecule has 76 valence electrons. The molecule has 0 aliphatic rings. The van der Waals surface area contributed by atoms with Crippen LogP contribution in [0.4, 0.5) is 0 Å². The van der Waals surface area contributed by atoms with Crippen molar-refractivity contribution in [3.63, 3.8) is 0 Å². The molecule has 0 saturated heterocycles. The third-order valence-corrected chi connectivity index (χ3v) is 2.01. The van der Waals surface area contributed by atoms with Gasteiger partial charge in [-0.15, -0.1) is 0 Å². The fourth-order valence-corrected chi connectivity index (χ4v) is 1.59. The molecule has 0 radical (unpaired) electrons. The lowest BCUT2D eigenvalue weighted by Crippen LogP contribution is -2.25. The zero-order chi connectivity index (χ0) is 10.5. The molecule has 0 saturated carbocycles. The Morgan fingerprint density at radius 1 is 1.23 bits per heavy atom. The molecule has 13 heavy (non-hydrogen) atoms. The van der Waals surface area contributed by atoms with E-state index in [1.165, 1.54) is 6.26 Å². The Kier molecular flexibility index (Phi) is 4.62. The molecule has 0 aliphatic carbocycles. The zero-order valence-electron chi connectivity index (χ0n) is 9.01. The summed E-state index contributed by atoms with van der Waals surface area (Å²) in [6.07, 6.45) is 1.47. The molecule has 3 nitrogen and oxygen atoms in total. The normalized spacial score (nSPS) is 12.2. The molecule has 0 aliphatic heterocycles. The first-order valence-electron chi connectivity index (χ1n) is 4.06. The molecule has 0 atom stereocenters. The van der Waals surface area contributed by atoms with Crippen molar-refractivity contribution in [1.82, 2.24) is 0 Å². The molecule has 0 aromatic carbocycles. The molecule has 0 rings (SSSR count). The van der Waals surface area contributed by atoms with Crippen molar-refractivity contribution >= 4 is 8.32 Å². The Hall–Kier alpha value is -0.903. The van der Waals surface area contributed by atoms with E-state index < -0.39 is 8.32 Å². The molecule has 0 heterocycles. The number of rotatable bonds is 5. The van der Waals surface area contributed by atoms with Gasteiger partial charge in [0, 0.05) is 0 Å². The zero-order valence-corrected chi connectivity index (χ0v) is 10.0. The maximum absolute atomic E-state index is 5.61. The van der Waals surface area contributed by atoms with Crippen LogP contribution >= 0.6 is 0 Å². The van der Waals surface area contributed by atoms with E-state index in [9.17, 15) is 0 Å². The number of hydrogen-bond donors (Lipinski definition) is 0. The van der Waals surface area contributed by atoms with E-state index in [1.54, 1.807) is 14.2 Å². The van der Waals surface area contributed by atoms with Crippen LogP contribution in [0, 0.1) is 0 Å². The van der Waals surface area contributed by atoms with Gasteiger partial charge in [-0.05, 0) is 19.6 Å². The summed E-state index contributed by atoms with van der Waals surface area (Å²) in [5.74, 6) is 1.06. The minimum atomic E-state index is -1.60. The summed E-state index contributed by atoms with van der Waals surface area (Å²) in [6, 6.07) is 0. The van der Waals surface area contributed by atoms with Gasteiger partial charge in [-0.1, -0.05) is 6.58 Å². The van der Waals surface area contributed by atoms with E-state index in [4.69, 9.17) is 13.9 Å². The molecule has 0 fully saturated rings. The molecule has 0 amide bonds. The highest BCUT2D eigenvalue weighted by Gasteiger charge is 2.19. The largest absolute Gasteiger partial charge is 0.542 e. The first kappa shape index (κ1) is 12.1.